The molecule has 35 heavy (non-hydrogen) atoms. The maximum atomic E-state index is 13.1. The maximum Gasteiger partial charge on any atom is 0.338 e. The van der Waals surface area contributed by atoms with Crippen LogP contribution in [0, 0.1) is 0 Å². The van der Waals surface area contributed by atoms with Crippen LogP contribution in [0.2, 0.25) is 5.02 Å². The number of rotatable bonds is 7. The zero-order chi connectivity index (χ0) is 24.8. The monoisotopic (exact) mass is 527 g/mol. The summed E-state index contributed by atoms with van der Waals surface area (Å²) in [6.07, 6.45) is 0.0519. The fourth-order valence-corrected chi connectivity index (χ4v) is 5.22. The average Bonchev–Trinajstić information content (AvgIpc) is 3.36. The van der Waals surface area contributed by atoms with E-state index in [1.807, 2.05) is 17.5 Å². The first-order chi connectivity index (χ1) is 16.9. The number of thioether (sulfide) groups is 1. The average molecular weight is 528 g/mol. The highest BCUT2D eigenvalue weighted by molar-refractivity contribution is 8.15. The van der Waals surface area contributed by atoms with Crippen LogP contribution in [0.3, 0.4) is 0 Å². The van der Waals surface area contributed by atoms with Crippen molar-refractivity contribution in [3.05, 3.63) is 81.5 Å². The van der Waals surface area contributed by atoms with Crippen molar-refractivity contribution >= 4 is 69.0 Å². The van der Waals surface area contributed by atoms with Gasteiger partial charge in [-0.15, -0.1) is 11.3 Å². The molecule has 2 amide bonds. The quantitative estimate of drug-likeness (QED) is 0.396. The van der Waals surface area contributed by atoms with E-state index in [9.17, 15) is 14.4 Å². The predicted octanol–water partition coefficient (Wildman–Crippen LogP) is 5.74. The van der Waals surface area contributed by atoms with E-state index in [-0.39, 0.29) is 18.2 Å². The fourth-order valence-electron chi connectivity index (χ4n) is 3.31. The molecule has 1 fully saturated rings. The van der Waals surface area contributed by atoms with Crippen molar-refractivity contribution in [1.29, 1.82) is 0 Å². The van der Waals surface area contributed by atoms with Crippen molar-refractivity contribution in [3.63, 3.8) is 0 Å². The Morgan fingerprint density at radius 3 is 2.54 bits per heavy atom. The molecule has 4 rings (SSSR count). The highest BCUT2D eigenvalue weighted by atomic mass is 35.5. The third-order valence-corrected chi connectivity index (χ3v) is 7.34. The van der Waals surface area contributed by atoms with Gasteiger partial charge in [-0.3, -0.25) is 14.5 Å². The normalized spacial score (nSPS) is 16.9. The van der Waals surface area contributed by atoms with Crippen LogP contribution in [0.4, 0.5) is 11.4 Å². The number of aliphatic imine (C=N–C) groups is 1. The number of carbonyl (C=O) groups is 3. The maximum absolute atomic E-state index is 13.1. The number of nitrogens with zero attached hydrogens (tertiary/aromatic N) is 2. The molecule has 3 aromatic rings. The van der Waals surface area contributed by atoms with Crippen molar-refractivity contribution < 1.29 is 19.1 Å². The largest absolute Gasteiger partial charge is 0.462 e. The zero-order valence-corrected chi connectivity index (χ0v) is 21.2. The summed E-state index contributed by atoms with van der Waals surface area (Å²) in [6, 6.07) is 17.3. The second kappa shape index (κ2) is 11.5. The molecular weight excluding hydrogens is 506 g/mol. The van der Waals surface area contributed by atoms with Crippen molar-refractivity contribution in [2.24, 2.45) is 4.99 Å². The molecule has 1 aliphatic heterocycles. The van der Waals surface area contributed by atoms with Gasteiger partial charge in [0.05, 0.1) is 24.4 Å². The molecule has 10 heteroatoms. The SMILES string of the molecule is CCOC(=O)c1ccc(N=C2S[C@@H](C(=O)Nc3ccc(Cl)cc3)CC(=O)N2Cc2cccs2)cc1. The van der Waals surface area contributed by atoms with Crippen molar-refractivity contribution in [3.8, 4) is 0 Å². The highest BCUT2D eigenvalue weighted by Crippen LogP contribution is 2.31. The number of ether oxygens (including phenoxy) is 1. The third kappa shape index (κ3) is 6.50. The van der Waals surface area contributed by atoms with Gasteiger partial charge < -0.3 is 10.1 Å². The highest BCUT2D eigenvalue weighted by Gasteiger charge is 2.36. The molecule has 1 N–H and O–H groups in total. The zero-order valence-electron chi connectivity index (χ0n) is 18.8. The number of amidine groups is 1. The first kappa shape index (κ1) is 25.0. The number of benzene rings is 2. The number of thiophene rings is 1. The molecule has 2 heterocycles. The molecule has 180 valence electrons. The lowest BCUT2D eigenvalue weighted by molar-refractivity contribution is -0.129. The summed E-state index contributed by atoms with van der Waals surface area (Å²) in [4.78, 5) is 45.3. The van der Waals surface area contributed by atoms with Gasteiger partial charge in [0.1, 0.15) is 5.25 Å². The molecule has 1 atom stereocenters. The number of anilines is 1. The van der Waals surface area contributed by atoms with Gasteiger partial charge in [-0.2, -0.15) is 0 Å². The van der Waals surface area contributed by atoms with Crippen LogP contribution in [0.5, 0.6) is 0 Å². The van der Waals surface area contributed by atoms with Crippen LogP contribution in [0.25, 0.3) is 0 Å². The predicted molar refractivity (Wildman–Crippen MR) is 140 cm³/mol. The Balaban J connectivity index is 1.57. The number of hydrogen-bond donors (Lipinski definition) is 1. The number of carbonyl (C=O) groups excluding carboxylic acids is 3. The van der Waals surface area contributed by atoms with Crippen LogP contribution in [0.1, 0.15) is 28.6 Å². The Kier molecular flexibility index (Phi) is 8.22. The van der Waals surface area contributed by atoms with E-state index in [0.717, 1.165) is 4.88 Å². The molecule has 1 aliphatic rings. The van der Waals surface area contributed by atoms with Gasteiger partial charge >= 0.3 is 5.97 Å². The molecule has 0 unspecified atom stereocenters. The Labute approximate surface area is 216 Å². The van der Waals surface area contributed by atoms with Gasteiger partial charge in [-0.25, -0.2) is 9.79 Å². The van der Waals surface area contributed by atoms with E-state index >= 15 is 0 Å². The van der Waals surface area contributed by atoms with E-state index in [1.54, 1.807) is 71.7 Å². The van der Waals surface area contributed by atoms with Crippen LogP contribution in [-0.2, 0) is 20.9 Å². The van der Waals surface area contributed by atoms with Gasteiger partial charge in [0.15, 0.2) is 5.17 Å². The van der Waals surface area contributed by atoms with E-state index in [1.165, 1.54) is 11.8 Å². The van der Waals surface area contributed by atoms with Crippen molar-refractivity contribution in [1.82, 2.24) is 4.90 Å². The summed E-state index contributed by atoms with van der Waals surface area (Å²) in [6.45, 7) is 2.41. The molecular formula is C25H22ClN3O4S2. The van der Waals surface area contributed by atoms with E-state index in [4.69, 9.17) is 16.3 Å². The third-order valence-electron chi connectivity index (χ3n) is 5.04. The molecule has 0 radical (unpaired) electrons. The minimum Gasteiger partial charge on any atom is -0.462 e. The van der Waals surface area contributed by atoms with Crippen molar-refractivity contribution in [2.45, 2.75) is 25.1 Å². The Morgan fingerprint density at radius 1 is 1.14 bits per heavy atom. The van der Waals surface area contributed by atoms with Gasteiger partial charge in [0.25, 0.3) is 0 Å². The van der Waals surface area contributed by atoms with E-state index in [2.05, 4.69) is 10.3 Å². The lowest BCUT2D eigenvalue weighted by atomic mass is 10.2. The van der Waals surface area contributed by atoms with Gasteiger partial charge in [-0.05, 0) is 66.9 Å². The minimum atomic E-state index is -0.643. The van der Waals surface area contributed by atoms with Gasteiger partial charge in [0, 0.05) is 22.0 Å². The summed E-state index contributed by atoms with van der Waals surface area (Å²) in [5.41, 5.74) is 1.57. The smallest absolute Gasteiger partial charge is 0.338 e. The Hall–Kier alpha value is -3.14. The molecule has 0 saturated carbocycles. The second-order valence-electron chi connectivity index (χ2n) is 7.53. The first-order valence-corrected chi connectivity index (χ1v) is 13.0. The minimum absolute atomic E-state index is 0.0519. The van der Waals surface area contributed by atoms with Crippen LogP contribution < -0.4 is 5.32 Å². The van der Waals surface area contributed by atoms with Crippen LogP contribution in [-0.4, -0.2) is 39.7 Å². The van der Waals surface area contributed by atoms with Crippen LogP contribution >= 0.6 is 34.7 Å². The number of halogens is 1. The summed E-state index contributed by atoms with van der Waals surface area (Å²) >= 11 is 8.71. The molecule has 0 bridgehead atoms. The molecule has 7 nitrogen and oxygen atoms in total. The molecule has 2 aromatic carbocycles. The van der Waals surface area contributed by atoms with Gasteiger partial charge in [-0.1, -0.05) is 29.4 Å². The Morgan fingerprint density at radius 2 is 1.89 bits per heavy atom. The Bertz CT molecular complexity index is 1230. The second-order valence-corrected chi connectivity index (χ2v) is 10.2. The topological polar surface area (TPSA) is 88.1 Å². The molecule has 0 spiro atoms. The number of hydrogen-bond acceptors (Lipinski definition) is 7. The van der Waals surface area contributed by atoms with E-state index in [0.29, 0.717) is 40.3 Å². The standard InChI is InChI=1S/C25H22ClN3O4S2/c1-2-33-24(32)16-5-9-19(10-6-16)28-25-29(15-20-4-3-13-34-20)22(30)14-21(35-25)23(31)27-18-11-7-17(26)8-12-18/h3-13,21H,2,14-15H2,1H3,(H,27,31)/t21-/m1/s1. The summed E-state index contributed by atoms with van der Waals surface area (Å²) in [5, 5.41) is 5.14. The fraction of sp³-hybridized carbons (Fsp3) is 0.200. The van der Waals surface area contributed by atoms with Crippen LogP contribution in [0.15, 0.2) is 71.0 Å². The first-order valence-electron chi connectivity index (χ1n) is 10.8. The molecule has 1 saturated heterocycles. The number of esters is 1. The summed E-state index contributed by atoms with van der Waals surface area (Å²) in [5.74, 6) is -0.880. The summed E-state index contributed by atoms with van der Waals surface area (Å²) in [7, 11) is 0. The lowest BCUT2D eigenvalue weighted by Gasteiger charge is -2.31. The summed E-state index contributed by atoms with van der Waals surface area (Å²) < 4.78 is 5.02. The van der Waals surface area contributed by atoms with Crippen molar-refractivity contribution in [2.75, 3.05) is 11.9 Å². The lowest BCUT2D eigenvalue weighted by Crippen LogP contribution is -2.44. The molecule has 0 aliphatic carbocycles. The molecule has 1 aromatic heterocycles. The number of nitrogens with one attached hydrogen (secondary N) is 1. The van der Waals surface area contributed by atoms with E-state index < -0.39 is 11.2 Å². The van der Waals surface area contributed by atoms with Gasteiger partial charge in [0.2, 0.25) is 11.8 Å². The number of amides is 2.